The topological polar surface area (TPSA) is 0 Å². The predicted molar refractivity (Wildman–Crippen MR) is 76.7 cm³/mol. The van der Waals surface area contributed by atoms with E-state index in [1.165, 1.54) is 17.6 Å². The summed E-state index contributed by atoms with van der Waals surface area (Å²) >= 11 is 0. The smallest absolute Gasteiger partial charge is 0.0245 e. The molecule has 2 rings (SSSR count). The van der Waals surface area contributed by atoms with Gasteiger partial charge in [0.15, 0.2) is 0 Å². The number of hydrogen-bond acceptors (Lipinski definition) is 0. The van der Waals surface area contributed by atoms with E-state index in [1.807, 2.05) is 20.8 Å². The van der Waals surface area contributed by atoms with Gasteiger partial charge in [0.05, 0.1) is 0 Å². The van der Waals surface area contributed by atoms with E-state index in [4.69, 9.17) is 0 Å². The molecule has 0 N–H and O–H groups in total. The molecule has 1 aromatic rings. The van der Waals surface area contributed by atoms with Gasteiger partial charge in [0, 0.05) is 5.56 Å². The van der Waals surface area contributed by atoms with Crippen molar-refractivity contribution in [1.29, 1.82) is 0 Å². The average Bonchev–Trinajstić information content (AvgIpc) is 2.43. The first-order chi connectivity index (χ1) is 8.40. The molecule has 17 heavy (non-hydrogen) atoms. The van der Waals surface area contributed by atoms with Crippen molar-refractivity contribution in [3.05, 3.63) is 53.6 Å². The summed E-state index contributed by atoms with van der Waals surface area (Å²) in [5, 5.41) is 0. The summed E-state index contributed by atoms with van der Waals surface area (Å²) in [6, 6.07) is 8.44. The molecule has 1 aliphatic rings. The van der Waals surface area contributed by atoms with Gasteiger partial charge in [-0.2, -0.15) is 0 Å². The summed E-state index contributed by atoms with van der Waals surface area (Å²) < 4.78 is 0. The third-order valence-corrected chi connectivity index (χ3v) is 2.48. The molecule has 0 bridgehead atoms. The lowest BCUT2D eigenvalue weighted by Gasteiger charge is -2.06. The van der Waals surface area contributed by atoms with Crippen molar-refractivity contribution in [2.24, 2.45) is 0 Å². The van der Waals surface area contributed by atoms with Gasteiger partial charge in [0.2, 0.25) is 0 Å². The molecular weight excluding hydrogens is 204 g/mol. The lowest BCUT2D eigenvalue weighted by molar-refractivity contribution is 1.04. The molecule has 0 spiro atoms. The summed E-state index contributed by atoms with van der Waals surface area (Å²) in [4.78, 5) is 0. The Balaban J connectivity index is 0.000000686. The lowest BCUT2D eigenvalue weighted by atomic mass is 9.99. The molecule has 0 amide bonds. The second-order valence-corrected chi connectivity index (χ2v) is 3.59. The zero-order chi connectivity index (χ0) is 12.5. The first kappa shape index (κ1) is 13.3. The first-order valence-electron chi connectivity index (χ1n) is 6.30. The van der Waals surface area contributed by atoms with Crippen molar-refractivity contribution >= 4 is 5.57 Å². The molecule has 0 fully saturated rings. The number of rotatable bonds is 1. The van der Waals surface area contributed by atoms with Gasteiger partial charge in [-0.15, -0.1) is 5.92 Å². The highest BCUT2D eigenvalue weighted by Gasteiger charge is 2.00. The second-order valence-electron chi connectivity index (χ2n) is 3.59. The molecule has 1 aromatic carbocycles. The van der Waals surface area contributed by atoms with Crippen LogP contribution in [0.3, 0.4) is 0 Å². The van der Waals surface area contributed by atoms with Gasteiger partial charge < -0.3 is 0 Å². The Labute approximate surface area is 105 Å². The fourth-order valence-corrected chi connectivity index (χ4v) is 1.72. The van der Waals surface area contributed by atoms with Gasteiger partial charge in [-0.25, -0.2) is 0 Å². The molecule has 0 heteroatoms. The van der Waals surface area contributed by atoms with E-state index in [1.54, 1.807) is 0 Å². The van der Waals surface area contributed by atoms with Crippen LogP contribution in [0.4, 0.5) is 0 Å². The minimum absolute atomic E-state index is 1.08. The molecule has 1 aliphatic carbocycles. The Hall–Kier alpha value is -1.74. The van der Waals surface area contributed by atoms with Crippen LogP contribution in [0.25, 0.3) is 5.57 Å². The van der Waals surface area contributed by atoms with Gasteiger partial charge in [0.1, 0.15) is 0 Å². The third-order valence-electron chi connectivity index (χ3n) is 2.48. The summed E-state index contributed by atoms with van der Waals surface area (Å²) in [5.74, 6) is 5.95. The Kier molecular flexibility index (Phi) is 5.89. The zero-order valence-electron chi connectivity index (χ0n) is 11.0. The third kappa shape index (κ3) is 3.96. The quantitative estimate of drug-likeness (QED) is 0.600. The monoisotopic (exact) mass is 224 g/mol. The maximum Gasteiger partial charge on any atom is 0.0245 e. The van der Waals surface area contributed by atoms with Crippen molar-refractivity contribution < 1.29 is 0 Å². The van der Waals surface area contributed by atoms with Crippen LogP contribution in [-0.4, -0.2) is 0 Å². The Morgan fingerprint density at radius 1 is 1.00 bits per heavy atom. The van der Waals surface area contributed by atoms with E-state index >= 15 is 0 Å². The second kappa shape index (κ2) is 7.52. The number of hydrogen-bond donors (Lipinski definition) is 0. The molecular formula is C17H20. The first-order valence-corrected chi connectivity index (χ1v) is 6.30. The van der Waals surface area contributed by atoms with Crippen LogP contribution in [0.2, 0.25) is 0 Å². The SMILES string of the molecule is CC.CC#Cc1ccc(C2=CCCC=C2)cc1. The molecule has 0 nitrogen and oxygen atoms in total. The van der Waals surface area contributed by atoms with Crippen molar-refractivity contribution in [1.82, 2.24) is 0 Å². The summed E-state index contributed by atoms with van der Waals surface area (Å²) in [7, 11) is 0. The fraction of sp³-hybridized carbons (Fsp3) is 0.294. The minimum Gasteiger partial charge on any atom is -0.101 e. The zero-order valence-corrected chi connectivity index (χ0v) is 11.0. The molecule has 0 aromatic heterocycles. The van der Waals surface area contributed by atoms with E-state index in [9.17, 15) is 0 Å². The molecule has 88 valence electrons. The molecule has 0 atom stereocenters. The standard InChI is InChI=1S/C15H14.C2H6/c1-2-6-13-9-11-15(12-10-13)14-7-4-3-5-8-14;1-2/h4,7-12H,3,5H2,1H3;1-2H3. The van der Waals surface area contributed by atoms with Crippen LogP contribution in [0, 0.1) is 11.8 Å². The number of allylic oxidation sites excluding steroid dienone is 4. The highest BCUT2D eigenvalue weighted by molar-refractivity contribution is 5.75. The van der Waals surface area contributed by atoms with E-state index < -0.39 is 0 Å². The predicted octanol–water partition coefficient (Wildman–Crippen LogP) is 4.82. The molecule has 0 saturated carbocycles. The van der Waals surface area contributed by atoms with Crippen LogP contribution < -0.4 is 0 Å². The van der Waals surface area contributed by atoms with Crippen LogP contribution in [0.1, 0.15) is 44.7 Å². The van der Waals surface area contributed by atoms with Crippen molar-refractivity contribution in [3.63, 3.8) is 0 Å². The van der Waals surface area contributed by atoms with Crippen LogP contribution >= 0.6 is 0 Å². The maximum absolute atomic E-state index is 3.05. The lowest BCUT2D eigenvalue weighted by Crippen LogP contribution is -1.86. The molecule has 0 saturated heterocycles. The highest BCUT2D eigenvalue weighted by atomic mass is 14.0. The van der Waals surface area contributed by atoms with E-state index in [2.05, 4.69) is 54.3 Å². The van der Waals surface area contributed by atoms with Gasteiger partial charge in [-0.3, -0.25) is 0 Å². The molecule has 0 aliphatic heterocycles. The van der Waals surface area contributed by atoms with Gasteiger partial charge >= 0.3 is 0 Å². The Morgan fingerprint density at radius 2 is 1.71 bits per heavy atom. The van der Waals surface area contributed by atoms with Crippen molar-refractivity contribution in [3.8, 4) is 11.8 Å². The summed E-state index contributed by atoms with van der Waals surface area (Å²) in [6.45, 7) is 5.86. The van der Waals surface area contributed by atoms with E-state index in [0.29, 0.717) is 0 Å². The van der Waals surface area contributed by atoms with Gasteiger partial charge in [-0.1, -0.05) is 50.1 Å². The fourth-order valence-electron chi connectivity index (χ4n) is 1.72. The minimum atomic E-state index is 1.08. The number of benzene rings is 1. The van der Waals surface area contributed by atoms with E-state index in [0.717, 1.165) is 12.0 Å². The van der Waals surface area contributed by atoms with Crippen LogP contribution in [0.15, 0.2) is 42.5 Å². The largest absolute Gasteiger partial charge is 0.101 e. The van der Waals surface area contributed by atoms with E-state index in [-0.39, 0.29) is 0 Å². The van der Waals surface area contributed by atoms with Crippen LogP contribution in [0.5, 0.6) is 0 Å². The molecule has 0 unspecified atom stereocenters. The molecule has 0 radical (unpaired) electrons. The van der Waals surface area contributed by atoms with Crippen molar-refractivity contribution in [2.75, 3.05) is 0 Å². The van der Waals surface area contributed by atoms with Gasteiger partial charge in [0.25, 0.3) is 0 Å². The Morgan fingerprint density at radius 3 is 2.24 bits per heavy atom. The maximum atomic E-state index is 3.05. The van der Waals surface area contributed by atoms with Crippen LogP contribution in [-0.2, 0) is 0 Å². The highest BCUT2D eigenvalue weighted by Crippen LogP contribution is 2.21. The Bertz CT molecular complexity index is 447. The van der Waals surface area contributed by atoms with Crippen molar-refractivity contribution in [2.45, 2.75) is 33.6 Å². The summed E-state index contributed by atoms with van der Waals surface area (Å²) in [6.07, 6.45) is 9.05. The normalized spacial score (nSPS) is 12.8. The average molecular weight is 224 g/mol. The summed E-state index contributed by atoms with van der Waals surface area (Å²) in [5.41, 5.74) is 3.70. The molecule has 0 heterocycles. The van der Waals surface area contributed by atoms with Gasteiger partial charge in [-0.05, 0) is 43.0 Å².